The van der Waals surface area contributed by atoms with E-state index in [-0.39, 0.29) is 18.4 Å². The number of carbonyl (C=O) groups excluding carboxylic acids is 2. The fourth-order valence-corrected chi connectivity index (χ4v) is 3.90. The lowest BCUT2D eigenvalue weighted by atomic mass is 10.0. The highest BCUT2D eigenvalue weighted by Gasteiger charge is 2.33. The van der Waals surface area contributed by atoms with E-state index < -0.39 is 6.04 Å². The van der Waals surface area contributed by atoms with E-state index in [2.05, 4.69) is 27.5 Å². The van der Waals surface area contributed by atoms with Gasteiger partial charge in [-0.1, -0.05) is 48.5 Å². The summed E-state index contributed by atoms with van der Waals surface area (Å²) in [7, 11) is 1.57. The number of aryl methyl sites for hydroxylation is 1. The third-order valence-corrected chi connectivity index (χ3v) is 5.71. The molecule has 0 aliphatic heterocycles. The predicted octanol–water partition coefficient (Wildman–Crippen LogP) is 2.93. The van der Waals surface area contributed by atoms with Gasteiger partial charge in [0.25, 0.3) is 0 Å². The summed E-state index contributed by atoms with van der Waals surface area (Å²) in [6.07, 6.45) is 4.07. The number of ether oxygens (including phenoxy) is 1. The number of nitrogens with zero attached hydrogens (tertiary/aromatic N) is 5. The maximum Gasteiger partial charge on any atom is 0.249 e. The van der Waals surface area contributed by atoms with Crippen LogP contribution in [-0.2, 0) is 27.3 Å². The number of hydrogen-bond donors (Lipinski definition) is 1. The molecular weight excluding hydrogens is 444 g/mol. The lowest BCUT2D eigenvalue weighted by Crippen LogP contribution is -2.46. The van der Waals surface area contributed by atoms with E-state index in [1.165, 1.54) is 4.90 Å². The molecule has 0 bridgehead atoms. The summed E-state index contributed by atoms with van der Waals surface area (Å²) in [6, 6.07) is 17.7. The Labute approximate surface area is 203 Å². The Bertz CT molecular complexity index is 1270. The zero-order valence-corrected chi connectivity index (χ0v) is 19.8. The zero-order valence-electron chi connectivity index (χ0n) is 19.8. The molecule has 0 saturated carbocycles. The number of para-hydroxylation sites is 1. The third-order valence-electron chi connectivity index (χ3n) is 5.71. The molecule has 1 atom stereocenters. The van der Waals surface area contributed by atoms with Crippen molar-refractivity contribution < 1.29 is 14.3 Å². The summed E-state index contributed by atoms with van der Waals surface area (Å²) < 4.78 is 6.63. The second-order valence-electron chi connectivity index (χ2n) is 7.99. The highest BCUT2D eigenvalue weighted by atomic mass is 16.5. The van der Waals surface area contributed by atoms with Crippen LogP contribution in [-0.4, -0.2) is 52.1 Å². The molecule has 4 aromatic rings. The quantitative estimate of drug-likeness (QED) is 0.356. The van der Waals surface area contributed by atoms with Gasteiger partial charge in [0.15, 0.2) is 0 Å². The van der Waals surface area contributed by atoms with Gasteiger partial charge in [0.2, 0.25) is 11.8 Å². The van der Waals surface area contributed by atoms with Crippen molar-refractivity contribution in [1.82, 2.24) is 25.3 Å². The first kappa shape index (κ1) is 24.0. The first-order chi connectivity index (χ1) is 17.1. The van der Waals surface area contributed by atoms with Crippen LogP contribution < -0.4 is 10.2 Å². The molecule has 0 saturated heterocycles. The minimum atomic E-state index is -0.913. The molecule has 0 unspecified atom stereocenters. The Morgan fingerprint density at radius 3 is 2.60 bits per heavy atom. The summed E-state index contributed by atoms with van der Waals surface area (Å²) >= 11 is 0. The van der Waals surface area contributed by atoms with Gasteiger partial charge in [0.05, 0.1) is 24.0 Å². The van der Waals surface area contributed by atoms with Crippen molar-refractivity contribution in [3.8, 4) is 0 Å². The smallest absolute Gasteiger partial charge is 0.249 e. The average Bonchev–Trinajstić information content (AvgIpc) is 3.30. The van der Waals surface area contributed by atoms with Gasteiger partial charge in [0, 0.05) is 19.9 Å². The van der Waals surface area contributed by atoms with E-state index in [0.29, 0.717) is 29.9 Å². The Hall–Kier alpha value is -4.11. The van der Waals surface area contributed by atoms with Crippen LogP contribution in [0.2, 0.25) is 0 Å². The van der Waals surface area contributed by atoms with Gasteiger partial charge in [0.1, 0.15) is 18.1 Å². The Morgan fingerprint density at radius 1 is 1.09 bits per heavy atom. The van der Waals surface area contributed by atoms with Gasteiger partial charge < -0.3 is 10.1 Å². The minimum Gasteiger partial charge on any atom is -0.383 e. The predicted molar refractivity (Wildman–Crippen MR) is 133 cm³/mol. The van der Waals surface area contributed by atoms with Gasteiger partial charge in [-0.25, -0.2) is 4.68 Å². The number of methoxy groups -OCH3 is 1. The van der Waals surface area contributed by atoms with E-state index in [1.807, 2.05) is 48.5 Å². The van der Waals surface area contributed by atoms with Crippen LogP contribution in [0, 0.1) is 0 Å². The van der Waals surface area contributed by atoms with Crippen molar-refractivity contribution in [3.05, 3.63) is 84.2 Å². The number of benzene rings is 2. The van der Waals surface area contributed by atoms with Crippen LogP contribution in [0.25, 0.3) is 11.0 Å². The molecule has 1 N–H and O–H groups in total. The Balaban J connectivity index is 1.75. The first-order valence-corrected chi connectivity index (χ1v) is 11.5. The van der Waals surface area contributed by atoms with E-state index in [1.54, 1.807) is 36.3 Å². The molecule has 0 aliphatic rings. The fourth-order valence-electron chi connectivity index (χ4n) is 3.90. The molecular formula is C26H28N6O3. The summed E-state index contributed by atoms with van der Waals surface area (Å²) in [6.45, 7) is 2.66. The van der Waals surface area contributed by atoms with Crippen LogP contribution in [0.15, 0.2) is 73.1 Å². The van der Waals surface area contributed by atoms with Crippen LogP contribution >= 0.6 is 0 Å². The van der Waals surface area contributed by atoms with Gasteiger partial charge >= 0.3 is 0 Å². The van der Waals surface area contributed by atoms with Gasteiger partial charge in [-0.2, -0.15) is 0 Å². The van der Waals surface area contributed by atoms with Gasteiger partial charge in [-0.05, 0) is 41.8 Å². The number of aromatic nitrogens is 4. The standard InChI is InChI=1S/C26H28N6O3/c1-3-19-10-12-20(13-11-19)25(26(34)28-15-16-35-2)32(21-7-6-14-27-17-21)24(33)18-31-23-9-5-4-8-22(23)29-30-31/h4-14,17,25H,3,15-16,18H2,1-2H3,(H,28,34)/t25-/m0/s1. The van der Waals surface area contributed by atoms with Crippen molar-refractivity contribution in [2.75, 3.05) is 25.2 Å². The molecule has 2 aromatic carbocycles. The number of fused-ring (bicyclic) bond motifs is 1. The third kappa shape index (κ3) is 5.52. The Morgan fingerprint density at radius 2 is 1.89 bits per heavy atom. The molecule has 4 rings (SSSR count). The second-order valence-corrected chi connectivity index (χ2v) is 7.99. The largest absolute Gasteiger partial charge is 0.383 e. The molecule has 0 radical (unpaired) electrons. The second kappa shape index (κ2) is 11.3. The molecule has 0 spiro atoms. The highest BCUT2D eigenvalue weighted by Crippen LogP contribution is 2.28. The van der Waals surface area contributed by atoms with Gasteiger partial charge in [-0.15, -0.1) is 5.10 Å². The molecule has 2 amide bonds. The molecule has 35 heavy (non-hydrogen) atoms. The average molecular weight is 473 g/mol. The number of hydrogen-bond acceptors (Lipinski definition) is 6. The summed E-state index contributed by atoms with van der Waals surface area (Å²) in [4.78, 5) is 33.0. The SMILES string of the molecule is CCc1ccc([C@@H](C(=O)NCCOC)N(C(=O)Cn2nnc3ccccc32)c2cccnc2)cc1. The number of amides is 2. The van der Waals surface area contributed by atoms with E-state index in [4.69, 9.17) is 4.74 Å². The van der Waals surface area contributed by atoms with Crippen molar-refractivity contribution in [3.63, 3.8) is 0 Å². The van der Waals surface area contributed by atoms with E-state index in [0.717, 1.165) is 17.5 Å². The van der Waals surface area contributed by atoms with Crippen LogP contribution in [0.3, 0.4) is 0 Å². The first-order valence-electron chi connectivity index (χ1n) is 11.5. The molecule has 9 nitrogen and oxygen atoms in total. The highest BCUT2D eigenvalue weighted by molar-refractivity contribution is 6.01. The van der Waals surface area contributed by atoms with E-state index >= 15 is 0 Å². The fraction of sp³-hybridized carbons (Fsp3) is 0.269. The summed E-state index contributed by atoms with van der Waals surface area (Å²) in [5.74, 6) is -0.632. The monoisotopic (exact) mass is 472 g/mol. The molecule has 2 heterocycles. The maximum absolute atomic E-state index is 13.8. The van der Waals surface area contributed by atoms with E-state index in [9.17, 15) is 9.59 Å². The lowest BCUT2D eigenvalue weighted by molar-refractivity contribution is -0.127. The normalized spacial score (nSPS) is 11.8. The molecule has 0 fully saturated rings. The zero-order chi connectivity index (χ0) is 24.6. The summed E-state index contributed by atoms with van der Waals surface area (Å²) in [5.41, 5.74) is 3.77. The van der Waals surface area contributed by atoms with Crippen LogP contribution in [0.1, 0.15) is 24.1 Å². The lowest BCUT2D eigenvalue weighted by Gasteiger charge is -2.31. The topological polar surface area (TPSA) is 102 Å². The Kier molecular flexibility index (Phi) is 7.79. The number of anilines is 1. The minimum absolute atomic E-state index is 0.0930. The van der Waals surface area contributed by atoms with Gasteiger partial charge in [-0.3, -0.25) is 19.5 Å². The molecule has 180 valence electrons. The number of rotatable bonds is 10. The number of carbonyl (C=O) groups is 2. The van der Waals surface area contributed by atoms with Crippen LogP contribution in [0.5, 0.6) is 0 Å². The number of nitrogens with one attached hydrogen (secondary N) is 1. The van der Waals surface area contributed by atoms with Crippen molar-refractivity contribution >= 4 is 28.5 Å². The van der Waals surface area contributed by atoms with Crippen molar-refractivity contribution in [1.29, 1.82) is 0 Å². The van der Waals surface area contributed by atoms with Crippen LogP contribution in [0.4, 0.5) is 5.69 Å². The summed E-state index contributed by atoms with van der Waals surface area (Å²) in [5, 5.41) is 11.2. The molecule has 2 aromatic heterocycles. The molecule has 0 aliphatic carbocycles. The van der Waals surface area contributed by atoms with Crippen molar-refractivity contribution in [2.24, 2.45) is 0 Å². The maximum atomic E-state index is 13.8. The van der Waals surface area contributed by atoms with Crippen molar-refractivity contribution in [2.45, 2.75) is 25.9 Å². The number of pyridine rings is 1. The molecule has 9 heteroatoms.